The van der Waals surface area contributed by atoms with Crippen molar-refractivity contribution in [2.45, 2.75) is 26.0 Å². The van der Waals surface area contributed by atoms with Crippen molar-refractivity contribution in [2.75, 3.05) is 13.1 Å². The number of pyridine rings is 1. The third kappa shape index (κ3) is 5.08. The lowest BCUT2D eigenvalue weighted by molar-refractivity contribution is 0.0617. The summed E-state index contributed by atoms with van der Waals surface area (Å²) in [7, 11) is 0. The van der Waals surface area contributed by atoms with Crippen LogP contribution < -0.4 is 10.6 Å². The summed E-state index contributed by atoms with van der Waals surface area (Å²) in [6.07, 6.45) is 3.93. The number of nitrogens with one attached hydrogen (secondary N) is 2. The van der Waals surface area contributed by atoms with Crippen molar-refractivity contribution in [1.82, 2.24) is 20.0 Å². The Kier molecular flexibility index (Phi) is 6.13. The Morgan fingerprint density at radius 3 is 2.70 bits per heavy atom. The van der Waals surface area contributed by atoms with E-state index in [0.717, 1.165) is 27.9 Å². The second-order valence-electron chi connectivity index (χ2n) is 6.53. The van der Waals surface area contributed by atoms with E-state index in [4.69, 9.17) is 0 Å². The average Bonchev–Trinajstić information content (AvgIpc) is 3.06. The molecule has 0 saturated heterocycles. The number of fused-ring (bicyclic) bond motifs is 1. The van der Waals surface area contributed by atoms with Gasteiger partial charge < -0.3 is 20.1 Å². The molecule has 3 aromatic rings. The molecule has 0 saturated carbocycles. The van der Waals surface area contributed by atoms with Crippen LogP contribution in [0.4, 0.5) is 0 Å². The van der Waals surface area contributed by atoms with Crippen molar-refractivity contribution in [1.29, 1.82) is 0 Å². The number of rotatable bonds is 6. The van der Waals surface area contributed by atoms with Gasteiger partial charge in [0.05, 0.1) is 18.8 Å². The van der Waals surface area contributed by atoms with Gasteiger partial charge in [0.15, 0.2) is 5.96 Å². The minimum Gasteiger partial charge on any atom is -0.384 e. The van der Waals surface area contributed by atoms with Gasteiger partial charge in [0.2, 0.25) is 0 Å². The zero-order chi connectivity index (χ0) is 19.3. The van der Waals surface area contributed by atoms with Crippen molar-refractivity contribution >= 4 is 27.5 Å². The molecule has 2 aromatic heterocycles. The number of halogens is 1. The molecular weight excluding hydrogens is 406 g/mol. The van der Waals surface area contributed by atoms with E-state index in [1.165, 1.54) is 0 Å². The van der Waals surface area contributed by atoms with Crippen LogP contribution in [0.25, 0.3) is 5.65 Å². The van der Waals surface area contributed by atoms with Gasteiger partial charge in [-0.15, -0.1) is 0 Å². The summed E-state index contributed by atoms with van der Waals surface area (Å²) in [6.45, 7) is 5.33. The molecule has 0 spiro atoms. The van der Waals surface area contributed by atoms with E-state index < -0.39 is 5.60 Å². The Bertz CT molecular complexity index is 921. The van der Waals surface area contributed by atoms with Crippen LogP contribution in [0.2, 0.25) is 0 Å². The van der Waals surface area contributed by atoms with Gasteiger partial charge in [-0.1, -0.05) is 30.3 Å². The minimum absolute atomic E-state index is 0.348. The molecule has 7 heteroatoms. The van der Waals surface area contributed by atoms with Crippen LogP contribution in [0.1, 0.15) is 25.1 Å². The number of aliphatic imine (C=N–C) groups is 1. The lowest BCUT2D eigenvalue weighted by atomic mass is 9.96. The summed E-state index contributed by atoms with van der Waals surface area (Å²) in [5.41, 5.74) is 1.63. The molecule has 2 heterocycles. The Balaban J connectivity index is 1.68. The van der Waals surface area contributed by atoms with Gasteiger partial charge in [0.25, 0.3) is 0 Å². The predicted molar refractivity (Wildman–Crippen MR) is 112 cm³/mol. The summed E-state index contributed by atoms with van der Waals surface area (Å²) >= 11 is 3.46. The van der Waals surface area contributed by atoms with E-state index in [1.54, 1.807) is 6.92 Å². The zero-order valence-electron chi connectivity index (χ0n) is 15.5. The average molecular weight is 430 g/mol. The normalized spacial score (nSPS) is 14.1. The first-order chi connectivity index (χ1) is 13.0. The van der Waals surface area contributed by atoms with Crippen LogP contribution in [0.3, 0.4) is 0 Å². The van der Waals surface area contributed by atoms with Crippen LogP contribution in [0.15, 0.2) is 64.3 Å². The van der Waals surface area contributed by atoms with Crippen LogP contribution in [0, 0.1) is 0 Å². The highest BCUT2D eigenvalue weighted by atomic mass is 79.9. The molecule has 3 N–H and O–H groups in total. The van der Waals surface area contributed by atoms with E-state index in [2.05, 4.69) is 36.5 Å². The predicted octanol–water partition coefficient (Wildman–Crippen LogP) is 3.06. The molecule has 3 rings (SSSR count). The highest BCUT2D eigenvalue weighted by molar-refractivity contribution is 9.10. The molecule has 0 fully saturated rings. The molecule has 0 aliphatic carbocycles. The Labute approximate surface area is 167 Å². The Morgan fingerprint density at radius 1 is 1.19 bits per heavy atom. The second kappa shape index (κ2) is 8.54. The number of guanidine groups is 1. The number of hydrogen-bond donors (Lipinski definition) is 3. The SMILES string of the molecule is CCNC(=NCc1cn2cc(Br)ccc2n1)NCC(C)(O)c1ccccc1. The molecule has 1 unspecified atom stereocenters. The molecule has 0 aliphatic heterocycles. The molecule has 1 aromatic carbocycles. The molecule has 0 aliphatic rings. The first-order valence-electron chi connectivity index (χ1n) is 8.91. The first kappa shape index (κ1) is 19.4. The maximum atomic E-state index is 10.7. The van der Waals surface area contributed by atoms with Crippen LogP contribution >= 0.6 is 15.9 Å². The molecular formula is C20H24BrN5O. The number of aromatic nitrogens is 2. The van der Waals surface area contributed by atoms with Gasteiger partial charge in [-0.25, -0.2) is 9.98 Å². The van der Waals surface area contributed by atoms with Gasteiger partial charge in [-0.05, 0) is 47.5 Å². The van der Waals surface area contributed by atoms with E-state index in [0.29, 0.717) is 19.0 Å². The van der Waals surface area contributed by atoms with E-state index in [-0.39, 0.29) is 0 Å². The van der Waals surface area contributed by atoms with Gasteiger partial charge in [0.1, 0.15) is 11.2 Å². The smallest absolute Gasteiger partial charge is 0.191 e. The van der Waals surface area contributed by atoms with E-state index in [1.807, 2.05) is 66.2 Å². The second-order valence-corrected chi connectivity index (χ2v) is 7.45. The maximum absolute atomic E-state index is 10.7. The number of benzene rings is 1. The van der Waals surface area contributed by atoms with Crippen LogP contribution in [0.5, 0.6) is 0 Å². The standard InChI is InChI=1S/C20H24BrN5O/c1-3-22-19(24-14-20(2,27)15-7-5-4-6-8-15)23-11-17-13-26-12-16(21)9-10-18(26)25-17/h4-10,12-13,27H,3,11,14H2,1-2H3,(H2,22,23,24). The van der Waals surface area contributed by atoms with Crippen LogP contribution in [-0.2, 0) is 12.1 Å². The fraction of sp³-hybridized carbons (Fsp3) is 0.300. The van der Waals surface area contributed by atoms with Gasteiger partial charge in [-0.3, -0.25) is 0 Å². The van der Waals surface area contributed by atoms with Gasteiger partial charge in [-0.2, -0.15) is 0 Å². The molecule has 6 nitrogen and oxygen atoms in total. The summed E-state index contributed by atoms with van der Waals surface area (Å²) in [5, 5.41) is 17.2. The van der Waals surface area contributed by atoms with Crippen molar-refractivity contribution in [2.24, 2.45) is 4.99 Å². The molecule has 142 valence electrons. The van der Waals surface area contributed by atoms with Crippen LogP contribution in [-0.4, -0.2) is 33.5 Å². The number of hydrogen-bond acceptors (Lipinski definition) is 3. The maximum Gasteiger partial charge on any atom is 0.191 e. The molecule has 0 radical (unpaired) electrons. The molecule has 0 bridgehead atoms. The Morgan fingerprint density at radius 2 is 1.96 bits per heavy atom. The Hall–Kier alpha value is -2.38. The van der Waals surface area contributed by atoms with Crippen molar-refractivity contribution < 1.29 is 5.11 Å². The minimum atomic E-state index is -0.993. The third-order valence-electron chi connectivity index (χ3n) is 4.20. The largest absolute Gasteiger partial charge is 0.384 e. The lowest BCUT2D eigenvalue weighted by Crippen LogP contribution is -2.44. The van der Waals surface area contributed by atoms with E-state index in [9.17, 15) is 5.11 Å². The molecule has 27 heavy (non-hydrogen) atoms. The lowest BCUT2D eigenvalue weighted by Gasteiger charge is -2.25. The zero-order valence-corrected chi connectivity index (χ0v) is 17.1. The van der Waals surface area contributed by atoms with Crippen molar-refractivity contribution in [3.63, 3.8) is 0 Å². The summed E-state index contributed by atoms with van der Waals surface area (Å²) < 4.78 is 2.97. The van der Waals surface area contributed by atoms with Gasteiger partial charge in [0, 0.05) is 23.4 Å². The highest BCUT2D eigenvalue weighted by Gasteiger charge is 2.22. The van der Waals surface area contributed by atoms with Gasteiger partial charge >= 0.3 is 0 Å². The van der Waals surface area contributed by atoms with Crippen molar-refractivity contribution in [3.8, 4) is 0 Å². The summed E-state index contributed by atoms with van der Waals surface area (Å²) in [6, 6.07) is 13.5. The number of imidazole rings is 1. The monoisotopic (exact) mass is 429 g/mol. The topological polar surface area (TPSA) is 74.0 Å². The van der Waals surface area contributed by atoms with Crippen molar-refractivity contribution in [3.05, 3.63) is 70.6 Å². The molecule has 1 atom stereocenters. The quantitative estimate of drug-likeness (QED) is 0.415. The fourth-order valence-electron chi connectivity index (χ4n) is 2.75. The first-order valence-corrected chi connectivity index (χ1v) is 9.70. The number of aliphatic hydroxyl groups is 1. The molecule has 0 amide bonds. The van der Waals surface area contributed by atoms with E-state index >= 15 is 0 Å². The summed E-state index contributed by atoms with van der Waals surface area (Å²) in [4.78, 5) is 9.17. The summed E-state index contributed by atoms with van der Waals surface area (Å²) in [5.74, 6) is 0.645. The third-order valence-corrected chi connectivity index (χ3v) is 4.67. The fourth-order valence-corrected chi connectivity index (χ4v) is 3.10. The highest BCUT2D eigenvalue weighted by Crippen LogP contribution is 2.19. The number of nitrogens with zero attached hydrogens (tertiary/aromatic N) is 3.